The Kier molecular flexibility index (Phi) is 17.0. The molecule has 0 spiro atoms. The number of aliphatic hydroxyl groups is 2. The Bertz CT molecular complexity index is 818. The lowest BCUT2D eigenvalue weighted by molar-refractivity contribution is -0.138. The van der Waals surface area contributed by atoms with E-state index in [1.54, 1.807) is 39.0 Å². The van der Waals surface area contributed by atoms with Gasteiger partial charge in [-0.15, -0.1) is 0 Å². The Labute approximate surface area is 218 Å². The highest BCUT2D eigenvalue weighted by Gasteiger charge is 2.29. The largest absolute Gasteiger partial charge is 0.481 e. The summed E-state index contributed by atoms with van der Waals surface area (Å²) in [5, 5.41) is 39.0. The van der Waals surface area contributed by atoms with Crippen molar-refractivity contribution >= 4 is 23.6 Å². The molecule has 6 N–H and O–H groups in total. The fourth-order valence-corrected chi connectivity index (χ4v) is 4.03. The molecule has 0 aromatic heterocycles. The molecule has 0 aromatic rings. The topological polar surface area (TPSA) is 184 Å². The van der Waals surface area contributed by atoms with Crippen molar-refractivity contribution in [3.63, 3.8) is 0 Å². The van der Waals surface area contributed by atoms with Gasteiger partial charge in [-0.3, -0.25) is 14.4 Å². The summed E-state index contributed by atoms with van der Waals surface area (Å²) < 4.78 is 5.34. The van der Waals surface area contributed by atoms with Gasteiger partial charge in [0.2, 0.25) is 5.91 Å². The third kappa shape index (κ3) is 15.1. The van der Waals surface area contributed by atoms with Crippen molar-refractivity contribution in [3.05, 3.63) is 36.0 Å². The SMILES string of the molecule is CO[C@H](/C=C/CC/C=C/C(=O)O)[C@@H](O)[C@H](C)[C@H](O)/C(C)=C/[C@@H](C)C(=O)CCC[C@@H](CC(N)=O)CC(=O)O. The van der Waals surface area contributed by atoms with Gasteiger partial charge in [-0.25, -0.2) is 4.79 Å². The molecule has 0 fully saturated rings. The van der Waals surface area contributed by atoms with Crippen LogP contribution < -0.4 is 5.73 Å². The lowest BCUT2D eigenvalue weighted by atomic mass is 9.87. The molecular weight excluding hydrogens is 482 g/mol. The number of methoxy groups -OCH3 is 1. The number of allylic oxidation sites excluding steroid dienone is 3. The van der Waals surface area contributed by atoms with Crippen molar-refractivity contribution in [2.24, 2.45) is 23.5 Å². The fraction of sp³-hybridized carbons (Fsp3) is 0.630. The Hall–Kier alpha value is -2.82. The van der Waals surface area contributed by atoms with Crippen LogP contribution in [0.15, 0.2) is 36.0 Å². The smallest absolute Gasteiger partial charge is 0.327 e. The number of hydrogen-bond donors (Lipinski definition) is 5. The summed E-state index contributed by atoms with van der Waals surface area (Å²) in [6, 6.07) is 0. The number of primary amides is 1. The number of Topliss-reactive ketones (excluding diaryl/α,β-unsaturated/α-hetero) is 1. The van der Waals surface area contributed by atoms with Gasteiger partial charge in [-0.1, -0.05) is 38.2 Å². The third-order valence-electron chi connectivity index (χ3n) is 6.21. The molecule has 0 aliphatic heterocycles. The number of hydrogen-bond acceptors (Lipinski definition) is 7. The van der Waals surface area contributed by atoms with Crippen LogP contribution in [0.1, 0.15) is 65.7 Å². The van der Waals surface area contributed by atoms with E-state index in [0.29, 0.717) is 31.3 Å². The number of ether oxygens (including phenoxy) is 1. The number of aliphatic hydroxyl groups excluding tert-OH is 2. The zero-order chi connectivity index (χ0) is 28.5. The molecule has 0 saturated carbocycles. The zero-order valence-electron chi connectivity index (χ0n) is 22.2. The highest BCUT2D eigenvalue weighted by atomic mass is 16.5. The van der Waals surface area contributed by atoms with Gasteiger partial charge < -0.3 is 30.9 Å². The van der Waals surface area contributed by atoms with Gasteiger partial charge in [0.15, 0.2) is 0 Å². The summed E-state index contributed by atoms with van der Waals surface area (Å²) in [6.45, 7) is 5.06. The molecule has 6 atom stereocenters. The van der Waals surface area contributed by atoms with E-state index >= 15 is 0 Å². The molecule has 10 nitrogen and oxygen atoms in total. The second-order valence-electron chi connectivity index (χ2n) is 9.43. The molecule has 0 bridgehead atoms. The molecule has 0 aliphatic carbocycles. The van der Waals surface area contributed by atoms with Crippen molar-refractivity contribution in [3.8, 4) is 0 Å². The van der Waals surface area contributed by atoms with E-state index < -0.39 is 53.9 Å². The molecule has 1 amide bonds. The first-order valence-electron chi connectivity index (χ1n) is 12.5. The highest BCUT2D eigenvalue weighted by Crippen LogP contribution is 2.23. The van der Waals surface area contributed by atoms with Crippen LogP contribution in [0.2, 0.25) is 0 Å². The van der Waals surface area contributed by atoms with Crippen LogP contribution in [-0.4, -0.2) is 69.5 Å². The maximum Gasteiger partial charge on any atom is 0.327 e. The monoisotopic (exact) mass is 525 g/mol. The number of amides is 1. The molecule has 0 rings (SSSR count). The molecule has 0 aliphatic rings. The number of rotatable bonds is 20. The van der Waals surface area contributed by atoms with Gasteiger partial charge in [0.05, 0.1) is 12.2 Å². The van der Waals surface area contributed by atoms with E-state index in [4.69, 9.17) is 20.7 Å². The Morgan fingerprint density at radius 3 is 2.16 bits per heavy atom. The predicted octanol–water partition coefficient (Wildman–Crippen LogP) is 2.62. The maximum absolute atomic E-state index is 12.6. The van der Waals surface area contributed by atoms with Crippen molar-refractivity contribution in [2.75, 3.05) is 7.11 Å². The number of nitrogens with two attached hydrogens (primary N) is 1. The summed E-state index contributed by atoms with van der Waals surface area (Å²) in [5.41, 5.74) is 5.71. The van der Waals surface area contributed by atoms with Gasteiger partial charge in [-0.05, 0) is 44.1 Å². The summed E-state index contributed by atoms with van der Waals surface area (Å²) in [4.78, 5) is 45.1. The minimum Gasteiger partial charge on any atom is -0.481 e. The second kappa shape index (κ2) is 18.4. The minimum atomic E-state index is -1.03. The average Bonchev–Trinajstić information content (AvgIpc) is 2.80. The number of unbranched alkanes of at least 4 members (excludes halogenated alkanes) is 1. The Balaban J connectivity index is 4.92. The quantitative estimate of drug-likeness (QED) is 0.0905. The van der Waals surface area contributed by atoms with Crippen molar-refractivity contribution < 1.29 is 44.3 Å². The van der Waals surface area contributed by atoms with E-state index in [9.17, 15) is 29.4 Å². The van der Waals surface area contributed by atoms with Crippen LogP contribution in [-0.2, 0) is 23.9 Å². The van der Waals surface area contributed by atoms with Gasteiger partial charge in [0.25, 0.3) is 0 Å². The normalized spacial score (nSPS) is 17.3. The van der Waals surface area contributed by atoms with Crippen LogP contribution in [0.5, 0.6) is 0 Å². The average molecular weight is 526 g/mol. The highest BCUT2D eigenvalue weighted by molar-refractivity contribution is 5.82. The number of ketones is 1. The molecule has 0 radical (unpaired) electrons. The fourth-order valence-electron chi connectivity index (χ4n) is 4.03. The number of carbonyl (C=O) groups excluding carboxylic acids is 2. The van der Waals surface area contributed by atoms with Crippen molar-refractivity contribution in [1.29, 1.82) is 0 Å². The lowest BCUT2D eigenvalue weighted by Crippen LogP contribution is -2.39. The van der Waals surface area contributed by atoms with Crippen molar-refractivity contribution in [1.82, 2.24) is 0 Å². The summed E-state index contributed by atoms with van der Waals surface area (Å²) in [5.74, 6) is -4.20. The summed E-state index contributed by atoms with van der Waals surface area (Å²) >= 11 is 0. The number of carboxylic acids is 2. The van der Waals surface area contributed by atoms with Crippen LogP contribution in [0.25, 0.3) is 0 Å². The van der Waals surface area contributed by atoms with Gasteiger partial charge in [0.1, 0.15) is 11.9 Å². The first kappa shape index (κ1) is 34.2. The minimum absolute atomic E-state index is 0.0408. The van der Waals surface area contributed by atoms with Crippen molar-refractivity contribution in [2.45, 2.75) is 84.0 Å². The Morgan fingerprint density at radius 2 is 1.62 bits per heavy atom. The zero-order valence-corrected chi connectivity index (χ0v) is 22.2. The molecule has 37 heavy (non-hydrogen) atoms. The number of carboxylic acid groups (broad SMARTS) is 2. The van der Waals surface area contributed by atoms with E-state index in [2.05, 4.69) is 0 Å². The number of carbonyl (C=O) groups is 4. The molecule has 0 aromatic carbocycles. The predicted molar refractivity (Wildman–Crippen MR) is 138 cm³/mol. The molecule has 10 heteroatoms. The first-order chi connectivity index (χ1) is 17.3. The number of aliphatic carboxylic acids is 2. The molecule has 0 saturated heterocycles. The first-order valence-corrected chi connectivity index (χ1v) is 12.5. The van der Waals surface area contributed by atoms with Crippen LogP contribution >= 0.6 is 0 Å². The summed E-state index contributed by atoms with van der Waals surface area (Å²) in [7, 11) is 1.44. The van der Waals surface area contributed by atoms with Crippen LogP contribution in [0.3, 0.4) is 0 Å². The molecule has 0 heterocycles. The van der Waals surface area contributed by atoms with E-state index in [1.807, 2.05) is 0 Å². The van der Waals surface area contributed by atoms with E-state index in [-0.39, 0.29) is 25.0 Å². The van der Waals surface area contributed by atoms with Gasteiger partial charge in [-0.2, -0.15) is 0 Å². The van der Waals surface area contributed by atoms with Gasteiger partial charge >= 0.3 is 11.9 Å². The van der Waals surface area contributed by atoms with E-state index in [0.717, 1.165) is 6.08 Å². The standard InChI is InChI=1S/C27H43NO9/c1-17(21(29)11-9-10-20(15-23(28)30)16-25(33)34)14-18(2)26(35)19(3)27(36)22(37-4)12-7-5-6-8-13-24(31)32/h7-8,12-14,17,19-20,22,26-27,35-36H,5-6,9-11,15-16H2,1-4H3,(H2,28,30)(H,31,32)(H,33,34)/b12-7+,13-8+,18-14+/t17-,19-,20+,22-,26-,27+/m1/s1. The summed E-state index contributed by atoms with van der Waals surface area (Å²) in [6.07, 6.45) is 6.83. The maximum atomic E-state index is 12.6. The third-order valence-corrected chi connectivity index (χ3v) is 6.21. The Morgan fingerprint density at radius 1 is 1.00 bits per heavy atom. The van der Waals surface area contributed by atoms with E-state index in [1.165, 1.54) is 13.2 Å². The van der Waals surface area contributed by atoms with Crippen LogP contribution in [0, 0.1) is 17.8 Å². The van der Waals surface area contributed by atoms with Crippen LogP contribution in [0.4, 0.5) is 0 Å². The van der Waals surface area contributed by atoms with Gasteiger partial charge in [0, 0.05) is 44.3 Å². The molecular formula is C27H43NO9. The lowest BCUT2D eigenvalue weighted by Gasteiger charge is -2.29. The molecule has 210 valence electrons. The second-order valence-corrected chi connectivity index (χ2v) is 9.43. The molecule has 0 unspecified atom stereocenters.